The SMILES string of the molecule is COc1ccc([Si](C)(C)[C@H]2[C@H](CCn3cc(CCO)nn3)O[C@@]3(C(=O)N(Cc4ccc(N5C(=O)c6ccccc6Oc6ccccc65)cc4)c4ccc(Br)cc43)[C@@H]2C)cc1. The third-order valence-corrected chi connectivity index (χ3v) is 17.4. The van der Waals surface area contributed by atoms with Crippen molar-refractivity contribution in [2.75, 3.05) is 23.5 Å². The van der Waals surface area contributed by atoms with Gasteiger partial charge in [0, 0.05) is 47.4 Å². The molecule has 0 unspecified atom stereocenters. The molecular formula is C47H46BrN5O6Si. The molecule has 6 aromatic rings. The number of carbonyl (C=O) groups is 2. The first-order valence-electron chi connectivity index (χ1n) is 20.3. The maximum Gasteiger partial charge on any atom is 0.266 e. The van der Waals surface area contributed by atoms with Gasteiger partial charge in [-0.05, 0) is 84.3 Å². The Morgan fingerprint density at radius 3 is 2.38 bits per heavy atom. The Kier molecular flexibility index (Phi) is 10.5. The van der Waals surface area contributed by atoms with Crippen LogP contribution in [0.2, 0.25) is 18.6 Å². The Hall–Kier alpha value is -5.60. The smallest absolute Gasteiger partial charge is 0.266 e. The number of hydrogen-bond donors (Lipinski definition) is 1. The number of fused-ring (bicyclic) bond motifs is 4. The molecule has 4 heterocycles. The highest BCUT2D eigenvalue weighted by Crippen LogP contribution is 2.60. The molecule has 60 heavy (non-hydrogen) atoms. The molecule has 13 heteroatoms. The van der Waals surface area contributed by atoms with Crippen molar-refractivity contribution >= 4 is 58.1 Å². The maximum absolute atomic E-state index is 15.4. The first kappa shape index (κ1) is 39.8. The molecule has 0 radical (unpaired) electrons. The molecule has 9 rings (SSSR count). The van der Waals surface area contributed by atoms with Gasteiger partial charge in [-0.2, -0.15) is 0 Å². The van der Waals surface area contributed by atoms with Gasteiger partial charge in [0.2, 0.25) is 0 Å². The van der Waals surface area contributed by atoms with Crippen LogP contribution in [0.15, 0.2) is 126 Å². The maximum atomic E-state index is 15.4. The summed E-state index contributed by atoms with van der Waals surface area (Å²) < 4.78 is 21.8. The van der Waals surface area contributed by atoms with Gasteiger partial charge in [-0.15, -0.1) is 5.10 Å². The highest BCUT2D eigenvalue weighted by molar-refractivity contribution is 9.10. The largest absolute Gasteiger partial charge is 0.497 e. The number of anilines is 3. The van der Waals surface area contributed by atoms with E-state index in [4.69, 9.17) is 14.2 Å². The fourth-order valence-electron chi connectivity index (χ4n) is 9.65. The number of hydrogen-bond acceptors (Lipinski definition) is 8. The minimum Gasteiger partial charge on any atom is -0.497 e. The van der Waals surface area contributed by atoms with Crippen molar-refractivity contribution in [1.82, 2.24) is 15.0 Å². The summed E-state index contributed by atoms with van der Waals surface area (Å²) in [6.07, 6.45) is 2.66. The molecule has 1 saturated heterocycles. The van der Waals surface area contributed by atoms with Crippen LogP contribution in [0, 0.1) is 5.92 Å². The molecule has 11 nitrogen and oxygen atoms in total. The third kappa shape index (κ3) is 6.73. The normalized spacial score (nSPS) is 20.8. The number of aliphatic hydroxyl groups excluding tert-OH is 1. The molecule has 0 bridgehead atoms. The van der Waals surface area contributed by atoms with Gasteiger partial charge in [0.05, 0.1) is 50.5 Å². The average molecular weight is 885 g/mol. The van der Waals surface area contributed by atoms with Gasteiger partial charge in [-0.3, -0.25) is 19.2 Å². The lowest BCUT2D eigenvalue weighted by Gasteiger charge is -2.37. The number of nitrogens with zero attached hydrogens (tertiary/aromatic N) is 5. The van der Waals surface area contributed by atoms with E-state index in [9.17, 15) is 9.90 Å². The second kappa shape index (κ2) is 15.8. The highest BCUT2D eigenvalue weighted by Gasteiger charge is 2.66. The van der Waals surface area contributed by atoms with Gasteiger partial charge < -0.3 is 24.2 Å². The zero-order valence-corrected chi connectivity index (χ0v) is 36.5. The lowest BCUT2D eigenvalue weighted by Crippen LogP contribution is -2.51. The van der Waals surface area contributed by atoms with Crippen LogP contribution >= 0.6 is 15.9 Å². The molecule has 4 atom stereocenters. The number of ether oxygens (including phenoxy) is 3. The van der Waals surface area contributed by atoms with Crippen molar-refractivity contribution in [2.24, 2.45) is 5.92 Å². The molecule has 3 aliphatic rings. The number of aliphatic hydroxyl groups is 1. The summed E-state index contributed by atoms with van der Waals surface area (Å²) in [6.45, 7) is 7.80. The second-order valence-electron chi connectivity index (χ2n) is 16.3. The van der Waals surface area contributed by atoms with Crippen LogP contribution in [0.4, 0.5) is 17.1 Å². The van der Waals surface area contributed by atoms with Crippen molar-refractivity contribution in [1.29, 1.82) is 0 Å². The van der Waals surface area contributed by atoms with Crippen molar-refractivity contribution in [3.05, 3.63) is 148 Å². The molecule has 1 fully saturated rings. The van der Waals surface area contributed by atoms with E-state index in [1.54, 1.807) is 24.1 Å². The molecule has 1 aromatic heterocycles. The Bertz CT molecular complexity index is 2580. The molecule has 0 aliphatic carbocycles. The molecule has 1 N–H and O–H groups in total. The minimum atomic E-state index is -2.37. The van der Waals surface area contributed by atoms with Gasteiger partial charge in [-0.1, -0.05) is 94.9 Å². The number of amides is 2. The first-order chi connectivity index (χ1) is 29.0. The third-order valence-electron chi connectivity index (χ3n) is 12.6. The predicted octanol–water partition coefficient (Wildman–Crippen LogP) is 8.52. The topological polar surface area (TPSA) is 119 Å². The highest BCUT2D eigenvalue weighted by atomic mass is 79.9. The summed E-state index contributed by atoms with van der Waals surface area (Å²) in [5.74, 6) is 1.44. The van der Waals surface area contributed by atoms with E-state index >= 15 is 4.79 Å². The molecule has 0 saturated carbocycles. The number of para-hydroxylation sites is 3. The fraction of sp³-hybridized carbons (Fsp3) is 0.277. The van der Waals surface area contributed by atoms with E-state index < -0.39 is 13.7 Å². The summed E-state index contributed by atoms with van der Waals surface area (Å²) in [5.41, 5.74) is 3.93. The monoisotopic (exact) mass is 883 g/mol. The van der Waals surface area contributed by atoms with Crippen molar-refractivity contribution < 1.29 is 28.9 Å². The molecule has 2 amide bonds. The van der Waals surface area contributed by atoms with Crippen molar-refractivity contribution in [2.45, 2.75) is 63.2 Å². The molecule has 5 aromatic carbocycles. The number of benzene rings is 5. The number of aromatic nitrogens is 3. The van der Waals surface area contributed by atoms with E-state index in [2.05, 4.69) is 64.5 Å². The van der Waals surface area contributed by atoms with Crippen molar-refractivity contribution in [3.8, 4) is 17.2 Å². The Morgan fingerprint density at radius 2 is 1.63 bits per heavy atom. The number of rotatable bonds is 11. The molecular weight excluding hydrogens is 839 g/mol. The van der Waals surface area contributed by atoms with Crippen LogP contribution in [-0.4, -0.2) is 59.8 Å². The first-order valence-corrected chi connectivity index (χ1v) is 24.1. The van der Waals surface area contributed by atoms with Crippen LogP contribution in [0.1, 0.15) is 40.5 Å². The van der Waals surface area contributed by atoms with Crippen LogP contribution in [0.5, 0.6) is 17.2 Å². The summed E-state index contributed by atoms with van der Waals surface area (Å²) in [7, 11) is -0.697. The van der Waals surface area contributed by atoms with Crippen LogP contribution in [0.25, 0.3) is 0 Å². The van der Waals surface area contributed by atoms with Gasteiger partial charge in [0.15, 0.2) is 11.4 Å². The lowest BCUT2D eigenvalue weighted by atomic mass is 9.82. The second-order valence-corrected chi connectivity index (χ2v) is 21.9. The zero-order chi connectivity index (χ0) is 41.8. The minimum absolute atomic E-state index is 0.00299. The van der Waals surface area contributed by atoms with Gasteiger partial charge in [0.1, 0.15) is 11.5 Å². The quantitative estimate of drug-likeness (QED) is 0.129. The standard InChI is InChI=1S/C47H46BrN5O6Si/c1-30-44(60(3,4)36-20-18-35(57-2)19-21-36)43(23-25-51-29-33(24-26-54)49-50-51)59-47(30)38-27-32(48)15-22-39(38)52(46(47)56)28-31-13-16-34(17-14-31)53-40-10-6-8-12-42(40)58-41-11-7-5-9-37(41)45(53)55/h5-22,27,29-30,43-44,54H,23-26,28H2,1-4H3/t30-,43+,44-,47+/m1/s1. The summed E-state index contributed by atoms with van der Waals surface area (Å²) in [5, 5.41) is 19.3. The number of halogens is 1. The van der Waals surface area contributed by atoms with E-state index in [-0.39, 0.29) is 36.0 Å². The van der Waals surface area contributed by atoms with Crippen LogP contribution in [-0.2, 0) is 34.6 Å². The number of methoxy groups -OCH3 is 1. The molecule has 306 valence electrons. The fourth-order valence-corrected chi connectivity index (χ4v) is 14.1. The average Bonchev–Trinajstić information content (AvgIpc) is 3.88. The Morgan fingerprint density at radius 1 is 0.900 bits per heavy atom. The Balaban J connectivity index is 1.06. The van der Waals surface area contributed by atoms with Crippen LogP contribution < -0.4 is 24.5 Å². The number of carbonyl (C=O) groups excluding carboxylic acids is 2. The Labute approximate surface area is 358 Å². The zero-order valence-electron chi connectivity index (χ0n) is 33.9. The molecule has 3 aliphatic heterocycles. The number of aryl methyl sites for hydroxylation is 1. The summed E-state index contributed by atoms with van der Waals surface area (Å²) >= 11 is 3.73. The van der Waals surface area contributed by atoms with E-state index in [1.807, 2.05) is 101 Å². The predicted molar refractivity (Wildman–Crippen MR) is 236 cm³/mol. The van der Waals surface area contributed by atoms with Gasteiger partial charge >= 0.3 is 0 Å². The summed E-state index contributed by atoms with van der Waals surface area (Å²) in [4.78, 5) is 33.1. The van der Waals surface area contributed by atoms with Gasteiger partial charge in [-0.25, -0.2) is 0 Å². The lowest BCUT2D eigenvalue weighted by molar-refractivity contribution is -0.146. The van der Waals surface area contributed by atoms with E-state index in [0.717, 1.165) is 32.7 Å². The van der Waals surface area contributed by atoms with E-state index in [0.29, 0.717) is 54.4 Å². The van der Waals surface area contributed by atoms with Crippen molar-refractivity contribution in [3.63, 3.8) is 0 Å². The summed E-state index contributed by atoms with van der Waals surface area (Å²) in [6, 6.07) is 37.0. The van der Waals surface area contributed by atoms with Gasteiger partial charge in [0.25, 0.3) is 11.8 Å². The van der Waals surface area contributed by atoms with Crippen LogP contribution in [0.3, 0.4) is 0 Å². The molecule has 1 spiro atoms. The van der Waals surface area contributed by atoms with E-state index in [1.165, 1.54) is 5.19 Å².